The van der Waals surface area contributed by atoms with Crippen molar-refractivity contribution in [3.8, 4) is 16.9 Å². The molecule has 5 unspecified atom stereocenters. The molecular formula is C25H36N4O10S. The average molecular weight is 585 g/mol. The van der Waals surface area contributed by atoms with Gasteiger partial charge in [0.15, 0.2) is 0 Å². The topological polar surface area (TPSA) is 228 Å². The number of esters is 4. The van der Waals surface area contributed by atoms with Crippen molar-refractivity contribution in [2.24, 2.45) is 22.9 Å². The van der Waals surface area contributed by atoms with Gasteiger partial charge in [-0.25, -0.2) is 0 Å². The molecule has 1 fully saturated rings. The molecule has 1 saturated heterocycles. The van der Waals surface area contributed by atoms with Crippen LogP contribution in [0.1, 0.15) is 33.3 Å². The molecule has 14 nitrogen and oxygen atoms in total. The van der Waals surface area contributed by atoms with Crippen LogP contribution in [-0.2, 0) is 42.9 Å². The number of hydrogen-bond donors (Lipinski definition) is 4. The fourth-order valence-electron chi connectivity index (χ4n) is 3.76. The Kier molecular flexibility index (Phi) is 9.53. The van der Waals surface area contributed by atoms with Crippen LogP contribution in [-0.4, -0.2) is 78.4 Å². The minimum Gasteiger partial charge on any atom is -0.461 e. The number of hydrogen-bond acceptors (Lipinski definition) is 14. The van der Waals surface area contributed by atoms with Crippen molar-refractivity contribution in [2.45, 2.75) is 56.9 Å². The van der Waals surface area contributed by atoms with E-state index >= 15 is 0 Å². The Morgan fingerprint density at radius 3 is 1.88 bits per heavy atom. The summed E-state index contributed by atoms with van der Waals surface area (Å²) in [5, 5.41) is 3.17. The summed E-state index contributed by atoms with van der Waals surface area (Å²) in [6.45, 7) is 3.02. The van der Waals surface area contributed by atoms with E-state index in [1.807, 2.05) is 18.8 Å². The number of benzene rings is 1. The molecule has 1 aromatic carbocycles. The van der Waals surface area contributed by atoms with Gasteiger partial charge in [0.2, 0.25) is 11.8 Å². The van der Waals surface area contributed by atoms with Crippen molar-refractivity contribution in [1.29, 1.82) is 0 Å². The van der Waals surface area contributed by atoms with E-state index in [4.69, 9.17) is 51.4 Å². The molecule has 8 N–H and O–H groups in total. The van der Waals surface area contributed by atoms with Gasteiger partial charge in [-0.05, 0) is 48.3 Å². The predicted molar refractivity (Wildman–Crippen MR) is 144 cm³/mol. The highest BCUT2D eigenvalue weighted by Crippen LogP contribution is 2.46. The van der Waals surface area contributed by atoms with E-state index in [9.17, 15) is 19.2 Å². The summed E-state index contributed by atoms with van der Waals surface area (Å²) in [4.78, 5) is 48.2. The third-order valence-corrected chi connectivity index (χ3v) is 6.04. The summed E-state index contributed by atoms with van der Waals surface area (Å²) in [5.74, 6) is -3.53. The summed E-state index contributed by atoms with van der Waals surface area (Å²) < 4.78 is 32.6. The van der Waals surface area contributed by atoms with Crippen LogP contribution in [0.5, 0.6) is 5.75 Å². The van der Waals surface area contributed by atoms with Crippen LogP contribution in [0.2, 0.25) is 0 Å². The molecule has 0 saturated carbocycles. The zero-order chi connectivity index (χ0) is 30.7. The van der Waals surface area contributed by atoms with E-state index in [1.165, 1.54) is 12.1 Å². The molecule has 222 valence electrons. The Labute approximate surface area is 233 Å². The van der Waals surface area contributed by atoms with Gasteiger partial charge in [0, 0.05) is 33.3 Å². The first kappa shape index (κ1) is 32.8. The van der Waals surface area contributed by atoms with Crippen molar-refractivity contribution >= 4 is 33.9 Å². The summed E-state index contributed by atoms with van der Waals surface area (Å²) in [7, 11) is -1.08. The Balaban J connectivity index is 2.74. The highest BCUT2D eigenvalue weighted by atomic mass is 32.3. The standard InChI is InChI=1S/C25H36N4O10S/c1-15(30)34-14-22(26)25(29,37-18(4)33)23(27,36-17(3)32)21(35-16(2)31)24(28,39-22)38-20-10-8-19(9-11-20)12-13-40(5,6)7/h8-11,21H,14,26-29H2,1-7H3. The number of nitrogens with two attached hydrogens (primary N) is 4. The van der Waals surface area contributed by atoms with E-state index in [0.717, 1.165) is 27.7 Å². The van der Waals surface area contributed by atoms with Gasteiger partial charge < -0.3 is 23.7 Å². The minimum absolute atomic E-state index is 0.0466. The lowest BCUT2D eigenvalue weighted by Gasteiger charge is -2.60. The fraction of sp³-hybridized carbons (Fsp3) is 0.520. The van der Waals surface area contributed by atoms with E-state index in [-0.39, 0.29) is 5.75 Å². The van der Waals surface area contributed by atoms with Gasteiger partial charge in [-0.2, -0.15) is 10.0 Å². The van der Waals surface area contributed by atoms with Crippen molar-refractivity contribution in [1.82, 2.24) is 0 Å². The van der Waals surface area contributed by atoms with Gasteiger partial charge in [0.05, 0.1) is 0 Å². The van der Waals surface area contributed by atoms with Crippen LogP contribution in [0, 0.1) is 11.2 Å². The second-order valence-electron chi connectivity index (χ2n) is 9.89. The molecule has 1 aliphatic rings. The Morgan fingerprint density at radius 1 is 0.875 bits per heavy atom. The van der Waals surface area contributed by atoms with Crippen molar-refractivity contribution in [3.05, 3.63) is 29.8 Å². The smallest absolute Gasteiger partial charge is 0.314 e. The van der Waals surface area contributed by atoms with Crippen molar-refractivity contribution in [3.63, 3.8) is 0 Å². The largest absolute Gasteiger partial charge is 0.461 e. The van der Waals surface area contributed by atoms with Gasteiger partial charge in [0.25, 0.3) is 11.4 Å². The second kappa shape index (κ2) is 11.6. The molecule has 15 heteroatoms. The third-order valence-electron chi connectivity index (χ3n) is 5.33. The van der Waals surface area contributed by atoms with Crippen LogP contribution in [0.4, 0.5) is 0 Å². The Hall–Kier alpha value is -3.39. The predicted octanol–water partition coefficient (Wildman–Crippen LogP) is -0.703. The summed E-state index contributed by atoms with van der Waals surface area (Å²) in [6.07, 6.45) is 4.00. The molecule has 0 bridgehead atoms. The summed E-state index contributed by atoms with van der Waals surface area (Å²) in [6, 6.07) is 6.22. The molecule has 1 aromatic rings. The molecule has 1 heterocycles. The molecular weight excluding hydrogens is 548 g/mol. The first-order chi connectivity index (χ1) is 18.2. The number of carbonyl (C=O) groups excluding carboxylic acids is 4. The van der Waals surface area contributed by atoms with Crippen LogP contribution in [0.3, 0.4) is 0 Å². The fourth-order valence-corrected chi connectivity index (χ4v) is 4.18. The zero-order valence-electron chi connectivity index (χ0n) is 23.4. The minimum atomic E-state index is -2.87. The number of rotatable bonds is 7. The molecule has 1 aliphatic heterocycles. The highest BCUT2D eigenvalue weighted by molar-refractivity contribution is 8.35. The van der Waals surface area contributed by atoms with Gasteiger partial charge in [0.1, 0.15) is 12.4 Å². The van der Waals surface area contributed by atoms with Gasteiger partial charge >= 0.3 is 29.8 Å². The summed E-state index contributed by atoms with van der Waals surface area (Å²) in [5.41, 5.74) is 18.1. The maximum absolute atomic E-state index is 12.2. The van der Waals surface area contributed by atoms with Crippen LogP contribution >= 0.6 is 10.0 Å². The van der Waals surface area contributed by atoms with Crippen LogP contribution in [0.25, 0.3) is 0 Å². The molecule has 2 rings (SSSR count). The van der Waals surface area contributed by atoms with Crippen LogP contribution < -0.4 is 27.7 Å². The normalized spacial score (nSPS) is 30.1. The first-order valence-corrected chi connectivity index (χ1v) is 14.6. The zero-order valence-corrected chi connectivity index (χ0v) is 24.2. The SMILES string of the molecule is CC(=O)OCC1(N)OC(N)(Oc2ccc(C#CS(C)(C)C)cc2)C(OC(C)=O)C(N)(OC(C)=O)C1(N)OC(C)=O. The third kappa shape index (κ3) is 7.22. The molecule has 0 radical (unpaired) electrons. The summed E-state index contributed by atoms with van der Waals surface area (Å²) >= 11 is 0. The Morgan fingerprint density at radius 2 is 1.43 bits per heavy atom. The second-order valence-corrected chi connectivity index (χ2v) is 13.8. The lowest BCUT2D eigenvalue weighted by Crippen LogP contribution is -2.95. The lowest BCUT2D eigenvalue weighted by atomic mass is 9.80. The van der Waals surface area contributed by atoms with E-state index in [2.05, 4.69) is 11.2 Å². The van der Waals surface area contributed by atoms with E-state index < -0.39 is 69.7 Å². The number of ether oxygens (including phenoxy) is 6. The maximum Gasteiger partial charge on any atom is 0.314 e. The molecule has 5 atom stereocenters. The molecule has 40 heavy (non-hydrogen) atoms. The molecule has 0 amide bonds. The van der Waals surface area contributed by atoms with Gasteiger partial charge in [-0.1, -0.05) is 5.92 Å². The maximum atomic E-state index is 12.2. The Bertz CT molecular complexity index is 1230. The molecule has 0 spiro atoms. The lowest BCUT2D eigenvalue weighted by molar-refractivity contribution is -0.422. The number of carbonyl (C=O) groups is 4. The van der Waals surface area contributed by atoms with Gasteiger partial charge in [-0.3, -0.25) is 46.8 Å². The highest BCUT2D eigenvalue weighted by Gasteiger charge is 2.79. The quantitative estimate of drug-likeness (QED) is 0.134. The van der Waals surface area contributed by atoms with Gasteiger partial charge in [-0.15, -0.1) is 0 Å². The monoisotopic (exact) mass is 584 g/mol. The van der Waals surface area contributed by atoms with Crippen LogP contribution in [0.15, 0.2) is 24.3 Å². The molecule has 0 aliphatic carbocycles. The van der Waals surface area contributed by atoms with E-state index in [0.29, 0.717) is 5.56 Å². The first-order valence-electron chi connectivity index (χ1n) is 11.7. The van der Waals surface area contributed by atoms with E-state index in [1.54, 1.807) is 12.1 Å². The average Bonchev–Trinajstić information content (AvgIpc) is 2.78. The molecule has 0 aromatic heterocycles. The van der Waals surface area contributed by atoms with Crippen molar-refractivity contribution in [2.75, 3.05) is 25.4 Å². The van der Waals surface area contributed by atoms with Crippen molar-refractivity contribution < 1.29 is 47.6 Å².